The molecule has 0 fully saturated rings. The van der Waals surface area contributed by atoms with Crippen molar-refractivity contribution in [2.75, 3.05) is 6.54 Å². The number of nitrogens with one attached hydrogen (secondary N) is 1. The largest absolute Gasteiger partial charge is 0.389 e. The van der Waals surface area contributed by atoms with Crippen LogP contribution >= 0.6 is 0 Å². The molecule has 22 heavy (non-hydrogen) atoms. The summed E-state index contributed by atoms with van der Waals surface area (Å²) in [7, 11) is 0. The second-order valence-electron chi connectivity index (χ2n) is 8.57. The van der Waals surface area contributed by atoms with E-state index in [1.807, 2.05) is 0 Å². The van der Waals surface area contributed by atoms with Crippen LogP contribution in [0.4, 0.5) is 0 Å². The lowest BCUT2D eigenvalue weighted by Gasteiger charge is -2.24. The molecule has 0 aliphatic heterocycles. The van der Waals surface area contributed by atoms with Crippen molar-refractivity contribution in [2.45, 2.75) is 99.3 Å². The summed E-state index contributed by atoms with van der Waals surface area (Å²) in [6.07, 6.45) is 12.4. The van der Waals surface area contributed by atoms with Gasteiger partial charge in [-0.1, -0.05) is 86.6 Å². The van der Waals surface area contributed by atoms with Gasteiger partial charge in [-0.25, -0.2) is 0 Å². The molecule has 1 N–H and O–H groups in total. The van der Waals surface area contributed by atoms with Crippen molar-refractivity contribution >= 4 is 0 Å². The first-order valence-electron chi connectivity index (χ1n) is 9.67. The van der Waals surface area contributed by atoms with Crippen molar-refractivity contribution in [3.8, 4) is 0 Å². The van der Waals surface area contributed by atoms with Crippen LogP contribution < -0.4 is 5.32 Å². The van der Waals surface area contributed by atoms with Gasteiger partial charge < -0.3 is 5.32 Å². The second kappa shape index (κ2) is 12.0. The first kappa shape index (κ1) is 21.5. The molecule has 0 aromatic carbocycles. The van der Waals surface area contributed by atoms with Crippen LogP contribution in [0, 0.1) is 17.3 Å². The Hall–Kier alpha value is -0.460. The Labute approximate surface area is 141 Å². The Morgan fingerprint density at radius 2 is 1.41 bits per heavy atom. The molecule has 0 atom stereocenters. The molecule has 0 amide bonds. The van der Waals surface area contributed by atoms with Crippen molar-refractivity contribution < 1.29 is 0 Å². The molecule has 0 saturated carbocycles. The van der Waals surface area contributed by atoms with Gasteiger partial charge in [0, 0.05) is 12.2 Å². The van der Waals surface area contributed by atoms with Gasteiger partial charge in [0.15, 0.2) is 0 Å². The highest BCUT2D eigenvalue weighted by molar-refractivity contribution is 4.93. The van der Waals surface area contributed by atoms with Crippen LogP contribution in [-0.2, 0) is 0 Å². The van der Waals surface area contributed by atoms with Gasteiger partial charge in [-0.3, -0.25) is 0 Å². The predicted octanol–water partition coefficient (Wildman–Crippen LogP) is 6.94. The average molecular weight is 310 g/mol. The molecule has 0 aliphatic rings. The molecule has 0 aromatic heterocycles. The summed E-state index contributed by atoms with van der Waals surface area (Å²) < 4.78 is 0. The normalized spacial score (nSPS) is 12.2. The number of allylic oxidation sites excluding steroid dienone is 1. The lowest BCUT2D eigenvalue weighted by Crippen LogP contribution is -2.17. The molecule has 0 spiro atoms. The maximum atomic E-state index is 4.06. The lowest BCUT2D eigenvalue weighted by atomic mass is 9.82. The van der Waals surface area contributed by atoms with E-state index in [1.165, 1.54) is 63.5 Å². The zero-order chi connectivity index (χ0) is 17.0. The summed E-state index contributed by atoms with van der Waals surface area (Å²) in [4.78, 5) is 0. The highest BCUT2D eigenvalue weighted by atomic mass is 14.9. The summed E-state index contributed by atoms with van der Waals surface area (Å²) >= 11 is 0. The van der Waals surface area contributed by atoms with E-state index in [4.69, 9.17) is 0 Å². The molecular weight excluding hydrogens is 266 g/mol. The quantitative estimate of drug-likeness (QED) is 0.343. The third kappa shape index (κ3) is 13.2. The highest BCUT2D eigenvalue weighted by Crippen LogP contribution is 2.30. The fourth-order valence-corrected chi connectivity index (χ4v) is 2.82. The molecule has 0 aliphatic carbocycles. The van der Waals surface area contributed by atoms with Crippen LogP contribution in [0.2, 0.25) is 0 Å². The number of hydrogen-bond acceptors (Lipinski definition) is 1. The van der Waals surface area contributed by atoms with Crippen molar-refractivity contribution in [1.82, 2.24) is 5.32 Å². The summed E-state index contributed by atoms with van der Waals surface area (Å²) in [5.41, 5.74) is 1.72. The highest BCUT2D eigenvalue weighted by Gasteiger charge is 2.16. The maximum absolute atomic E-state index is 4.06. The van der Waals surface area contributed by atoms with Crippen LogP contribution in [0.15, 0.2) is 12.3 Å². The topological polar surface area (TPSA) is 12.0 Å². The summed E-state index contributed by atoms with van der Waals surface area (Å²) in [5, 5.41) is 3.44. The molecule has 0 bridgehead atoms. The fraction of sp³-hybridized carbons (Fsp3) is 0.905. The Kier molecular flexibility index (Phi) is 11.8. The lowest BCUT2D eigenvalue weighted by molar-refractivity contribution is 0.281. The van der Waals surface area contributed by atoms with Crippen LogP contribution in [0.3, 0.4) is 0 Å². The molecule has 0 heterocycles. The van der Waals surface area contributed by atoms with E-state index in [1.54, 1.807) is 0 Å². The van der Waals surface area contributed by atoms with Gasteiger partial charge in [-0.05, 0) is 36.5 Å². The minimum absolute atomic E-state index is 0.535. The number of rotatable bonds is 14. The average Bonchev–Trinajstić information content (AvgIpc) is 2.41. The molecule has 132 valence electrons. The van der Waals surface area contributed by atoms with Crippen LogP contribution in [0.25, 0.3) is 0 Å². The molecular formula is C21H43N. The second-order valence-corrected chi connectivity index (χ2v) is 8.57. The maximum Gasteiger partial charge on any atom is 0.0143 e. The molecule has 0 unspecified atom stereocenters. The van der Waals surface area contributed by atoms with Crippen LogP contribution in [0.1, 0.15) is 99.3 Å². The van der Waals surface area contributed by atoms with Gasteiger partial charge in [0.1, 0.15) is 0 Å². The first-order chi connectivity index (χ1) is 10.2. The smallest absolute Gasteiger partial charge is 0.0143 e. The summed E-state index contributed by atoms with van der Waals surface area (Å²) in [5.74, 6) is 1.42. The Morgan fingerprint density at radius 3 is 1.91 bits per heavy atom. The molecule has 0 radical (unpaired) electrons. The van der Waals surface area contributed by atoms with E-state index < -0.39 is 0 Å². The molecule has 1 nitrogen and oxygen atoms in total. The monoisotopic (exact) mass is 309 g/mol. The zero-order valence-electron chi connectivity index (χ0n) is 16.4. The molecule has 1 heteroatoms. The number of hydrogen-bond donors (Lipinski definition) is 1. The van der Waals surface area contributed by atoms with E-state index in [0.29, 0.717) is 11.3 Å². The van der Waals surface area contributed by atoms with Gasteiger partial charge in [-0.2, -0.15) is 0 Å². The molecule has 0 aromatic rings. The van der Waals surface area contributed by atoms with E-state index in [-0.39, 0.29) is 0 Å². The third-order valence-corrected chi connectivity index (χ3v) is 4.71. The van der Waals surface area contributed by atoms with Gasteiger partial charge in [0.05, 0.1) is 0 Å². The Bertz CT molecular complexity index is 276. The van der Waals surface area contributed by atoms with Gasteiger partial charge in [0.25, 0.3) is 0 Å². The van der Waals surface area contributed by atoms with E-state index in [2.05, 4.69) is 53.4 Å². The molecule has 0 saturated heterocycles. The zero-order valence-corrected chi connectivity index (χ0v) is 16.4. The molecule has 0 rings (SSSR count). The third-order valence-electron chi connectivity index (χ3n) is 4.71. The standard InChI is InChI=1S/C21H43N/c1-18(2)14-10-8-11-15-21(6,7)16-12-9-13-17-22-20(5)19(3)4/h18-19,22H,5,8-17H2,1-4,6-7H3. The van der Waals surface area contributed by atoms with Crippen molar-refractivity contribution in [2.24, 2.45) is 17.3 Å². The minimum Gasteiger partial charge on any atom is -0.389 e. The number of unbranched alkanes of at least 4 members (excludes halogenated alkanes) is 4. The van der Waals surface area contributed by atoms with E-state index in [9.17, 15) is 0 Å². The SMILES string of the molecule is C=C(NCCCCCC(C)(C)CCCCCC(C)C)C(C)C. The van der Waals surface area contributed by atoms with Crippen molar-refractivity contribution in [3.05, 3.63) is 12.3 Å². The van der Waals surface area contributed by atoms with Crippen molar-refractivity contribution in [1.29, 1.82) is 0 Å². The minimum atomic E-state index is 0.535. The Morgan fingerprint density at radius 1 is 0.864 bits per heavy atom. The van der Waals surface area contributed by atoms with Gasteiger partial charge in [-0.15, -0.1) is 0 Å². The predicted molar refractivity (Wildman–Crippen MR) is 102 cm³/mol. The van der Waals surface area contributed by atoms with Gasteiger partial charge >= 0.3 is 0 Å². The fourth-order valence-electron chi connectivity index (χ4n) is 2.82. The Balaban J connectivity index is 3.53. The first-order valence-corrected chi connectivity index (χ1v) is 9.67. The van der Waals surface area contributed by atoms with Crippen LogP contribution in [0.5, 0.6) is 0 Å². The van der Waals surface area contributed by atoms with Gasteiger partial charge in [0.2, 0.25) is 0 Å². The van der Waals surface area contributed by atoms with Crippen LogP contribution in [-0.4, -0.2) is 6.54 Å². The van der Waals surface area contributed by atoms with Crippen molar-refractivity contribution in [3.63, 3.8) is 0 Å². The summed E-state index contributed by atoms with van der Waals surface area (Å²) in [6.45, 7) is 19.1. The van der Waals surface area contributed by atoms with E-state index >= 15 is 0 Å². The summed E-state index contributed by atoms with van der Waals surface area (Å²) in [6, 6.07) is 0. The van der Waals surface area contributed by atoms with E-state index in [0.717, 1.165) is 12.5 Å².